The van der Waals surface area contributed by atoms with E-state index in [-0.39, 0.29) is 41.2 Å². The second-order valence-electron chi connectivity index (χ2n) is 7.90. The van der Waals surface area contributed by atoms with Crippen LogP contribution < -0.4 is 4.90 Å². The standard InChI is InChI=1S/C21H20N2O4/c24-20-18-15-9-10-16(17(15)12-5-2-1-3-6-12)19(18)21(25)22(20)13-7-4-8-14(11-13)23(26)27/h4,7-11,15-16,18-19H,1-3,5-6H2/t15-,16-,18-,19+/m0/s1. The van der Waals surface area contributed by atoms with Gasteiger partial charge in [-0.1, -0.05) is 35.8 Å². The highest BCUT2D eigenvalue weighted by molar-refractivity contribution is 6.23. The summed E-state index contributed by atoms with van der Waals surface area (Å²) in [5.41, 5.74) is 2.97. The first-order valence-corrected chi connectivity index (χ1v) is 9.60. The summed E-state index contributed by atoms with van der Waals surface area (Å²) in [5, 5.41) is 11.1. The molecule has 1 saturated heterocycles. The Morgan fingerprint density at radius 1 is 0.963 bits per heavy atom. The van der Waals surface area contributed by atoms with Gasteiger partial charge in [-0.15, -0.1) is 0 Å². The number of allylic oxidation sites excluding steroid dienone is 4. The van der Waals surface area contributed by atoms with E-state index in [2.05, 4.69) is 12.2 Å². The number of hydrogen-bond acceptors (Lipinski definition) is 4. The van der Waals surface area contributed by atoms with Crippen LogP contribution in [0.5, 0.6) is 0 Å². The van der Waals surface area contributed by atoms with Gasteiger partial charge in [0, 0.05) is 24.0 Å². The number of anilines is 1. The normalized spacial score (nSPS) is 31.8. The lowest BCUT2D eigenvalue weighted by molar-refractivity contribution is -0.384. The Bertz CT molecular complexity index is 890. The van der Waals surface area contributed by atoms with Gasteiger partial charge in [-0.2, -0.15) is 0 Å². The number of nitro groups is 1. The molecule has 2 amide bonds. The maximum atomic E-state index is 13.2. The van der Waals surface area contributed by atoms with Crippen molar-refractivity contribution in [2.45, 2.75) is 32.1 Å². The highest BCUT2D eigenvalue weighted by Crippen LogP contribution is 2.58. The van der Waals surface area contributed by atoms with Gasteiger partial charge in [-0.05, 0) is 31.7 Å². The van der Waals surface area contributed by atoms with Crippen molar-refractivity contribution in [1.29, 1.82) is 0 Å². The van der Waals surface area contributed by atoms with Crippen LogP contribution in [0.4, 0.5) is 11.4 Å². The predicted molar refractivity (Wildman–Crippen MR) is 98.8 cm³/mol. The molecular weight excluding hydrogens is 344 g/mol. The van der Waals surface area contributed by atoms with Crippen LogP contribution in [0.25, 0.3) is 0 Å². The molecule has 1 aliphatic heterocycles. The van der Waals surface area contributed by atoms with E-state index in [1.54, 1.807) is 6.07 Å². The molecule has 0 radical (unpaired) electrons. The third-order valence-corrected chi connectivity index (χ3v) is 6.58. The van der Waals surface area contributed by atoms with Gasteiger partial charge in [0.25, 0.3) is 5.69 Å². The Labute approximate surface area is 156 Å². The van der Waals surface area contributed by atoms with Gasteiger partial charge in [-0.3, -0.25) is 19.7 Å². The fourth-order valence-corrected chi connectivity index (χ4v) is 5.50. The number of nitrogens with zero attached hydrogens (tertiary/aromatic N) is 2. The van der Waals surface area contributed by atoms with Gasteiger partial charge < -0.3 is 0 Å². The number of benzene rings is 1. The lowest BCUT2D eigenvalue weighted by Crippen LogP contribution is -2.33. The average Bonchev–Trinajstić information content (AvgIpc) is 3.32. The first kappa shape index (κ1) is 16.4. The number of rotatable bonds is 2. The monoisotopic (exact) mass is 364 g/mol. The molecule has 138 valence electrons. The zero-order valence-corrected chi connectivity index (χ0v) is 14.8. The minimum atomic E-state index is -0.508. The summed E-state index contributed by atoms with van der Waals surface area (Å²) >= 11 is 0. The van der Waals surface area contributed by atoms with E-state index in [0.29, 0.717) is 5.69 Å². The Morgan fingerprint density at radius 2 is 1.59 bits per heavy atom. The van der Waals surface area contributed by atoms with Gasteiger partial charge in [0.05, 0.1) is 22.4 Å². The molecule has 27 heavy (non-hydrogen) atoms. The maximum absolute atomic E-state index is 13.2. The van der Waals surface area contributed by atoms with Crippen LogP contribution in [0, 0.1) is 33.8 Å². The van der Waals surface area contributed by atoms with Crippen LogP contribution in [-0.4, -0.2) is 16.7 Å². The van der Waals surface area contributed by atoms with Crippen LogP contribution >= 0.6 is 0 Å². The Balaban J connectivity index is 1.52. The van der Waals surface area contributed by atoms with E-state index < -0.39 is 4.92 Å². The molecule has 2 saturated carbocycles. The zero-order valence-electron chi connectivity index (χ0n) is 14.8. The third kappa shape index (κ3) is 2.25. The Morgan fingerprint density at radius 3 is 2.19 bits per heavy atom. The number of imide groups is 1. The Kier molecular flexibility index (Phi) is 3.57. The number of fused-ring (bicyclic) bond motifs is 5. The van der Waals surface area contributed by atoms with Crippen molar-refractivity contribution in [1.82, 2.24) is 0 Å². The number of carbonyl (C=O) groups excluding carboxylic acids is 2. The SMILES string of the molecule is O=C1[C@@H]2[C@H](C(=O)N1c1cccc([N+](=O)[O-])c1)[C@H]1C=C[C@H]2C1=C1CCCCC1. The molecule has 5 rings (SSSR count). The van der Waals surface area contributed by atoms with Crippen LogP contribution in [0.2, 0.25) is 0 Å². The van der Waals surface area contributed by atoms with Crippen molar-refractivity contribution in [3.8, 4) is 0 Å². The van der Waals surface area contributed by atoms with Gasteiger partial charge in [0.2, 0.25) is 11.8 Å². The molecule has 0 spiro atoms. The van der Waals surface area contributed by atoms with Crippen LogP contribution in [-0.2, 0) is 9.59 Å². The highest BCUT2D eigenvalue weighted by Gasteiger charge is 2.62. The number of hydrogen-bond donors (Lipinski definition) is 0. The van der Waals surface area contributed by atoms with E-state index in [9.17, 15) is 19.7 Å². The van der Waals surface area contributed by atoms with E-state index in [0.717, 1.165) is 12.8 Å². The second-order valence-corrected chi connectivity index (χ2v) is 7.90. The fourth-order valence-electron chi connectivity index (χ4n) is 5.50. The first-order valence-electron chi connectivity index (χ1n) is 9.60. The molecule has 6 nitrogen and oxygen atoms in total. The molecule has 3 aliphatic carbocycles. The topological polar surface area (TPSA) is 80.5 Å². The van der Waals surface area contributed by atoms with Crippen molar-refractivity contribution >= 4 is 23.2 Å². The van der Waals surface area contributed by atoms with Crippen molar-refractivity contribution in [3.63, 3.8) is 0 Å². The molecule has 0 aromatic heterocycles. The first-order chi connectivity index (χ1) is 13.1. The van der Waals surface area contributed by atoms with Crippen molar-refractivity contribution in [2.75, 3.05) is 4.90 Å². The molecule has 1 aromatic carbocycles. The van der Waals surface area contributed by atoms with Gasteiger partial charge in [-0.25, -0.2) is 4.90 Å². The molecule has 3 fully saturated rings. The highest BCUT2D eigenvalue weighted by atomic mass is 16.6. The van der Waals surface area contributed by atoms with E-state index >= 15 is 0 Å². The summed E-state index contributed by atoms with van der Waals surface area (Å²) in [4.78, 5) is 38.1. The summed E-state index contributed by atoms with van der Waals surface area (Å²) < 4.78 is 0. The third-order valence-electron chi connectivity index (χ3n) is 6.58. The molecule has 4 atom stereocenters. The Hall–Kier alpha value is -2.76. The molecule has 1 heterocycles. The summed E-state index contributed by atoms with van der Waals surface area (Å²) in [7, 11) is 0. The molecule has 2 bridgehead atoms. The molecule has 0 unspecified atom stereocenters. The smallest absolute Gasteiger partial charge is 0.271 e. The van der Waals surface area contributed by atoms with Gasteiger partial charge >= 0.3 is 0 Å². The number of nitro benzene ring substituents is 1. The fraction of sp³-hybridized carbons (Fsp3) is 0.429. The quantitative estimate of drug-likeness (QED) is 0.346. The molecule has 4 aliphatic rings. The molecule has 1 aromatic rings. The van der Waals surface area contributed by atoms with Crippen molar-refractivity contribution < 1.29 is 14.5 Å². The predicted octanol–water partition coefficient (Wildman–Crippen LogP) is 3.78. The second kappa shape index (κ2) is 5.87. The van der Waals surface area contributed by atoms with Gasteiger partial charge in [0.1, 0.15) is 0 Å². The average molecular weight is 364 g/mol. The van der Waals surface area contributed by atoms with Crippen molar-refractivity contribution in [2.24, 2.45) is 23.7 Å². The summed E-state index contributed by atoms with van der Waals surface area (Å²) in [5.74, 6) is -1.08. The van der Waals surface area contributed by atoms with Crippen LogP contribution in [0.15, 0.2) is 47.6 Å². The number of amides is 2. The minimum Gasteiger partial charge on any atom is -0.274 e. The largest absolute Gasteiger partial charge is 0.274 e. The van der Waals surface area contributed by atoms with E-state index in [4.69, 9.17) is 0 Å². The molecular formula is C21H20N2O4. The number of carbonyl (C=O) groups is 2. The summed E-state index contributed by atoms with van der Waals surface area (Å²) in [6.45, 7) is 0. The lowest BCUT2D eigenvalue weighted by Gasteiger charge is -2.23. The minimum absolute atomic E-state index is 0.0215. The summed E-state index contributed by atoms with van der Waals surface area (Å²) in [6, 6.07) is 5.79. The zero-order chi connectivity index (χ0) is 18.7. The van der Waals surface area contributed by atoms with E-state index in [1.807, 2.05) is 0 Å². The summed E-state index contributed by atoms with van der Waals surface area (Å²) in [6.07, 6.45) is 10.0. The molecule has 0 N–H and O–H groups in total. The molecule has 6 heteroatoms. The maximum Gasteiger partial charge on any atom is 0.271 e. The lowest BCUT2D eigenvalue weighted by atomic mass is 9.85. The van der Waals surface area contributed by atoms with Crippen LogP contribution in [0.1, 0.15) is 32.1 Å². The number of non-ortho nitro benzene ring substituents is 1. The van der Waals surface area contributed by atoms with Gasteiger partial charge in [0.15, 0.2) is 0 Å². The van der Waals surface area contributed by atoms with E-state index in [1.165, 1.54) is 53.5 Å². The van der Waals surface area contributed by atoms with Crippen molar-refractivity contribution in [3.05, 3.63) is 57.7 Å². The van der Waals surface area contributed by atoms with Crippen LogP contribution in [0.3, 0.4) is 0 Å².